The number of benzene rings is 1. The standard InChI is InChI=1S/C18H14F3N3O2/c19-18(20,21)12-6-7-16(24-11-12)23-9-10-26-17(25)14-3-1-5-15-13(14)4-2-8-22-15/h1-8,11H,9-10H2,(H,23,24). The summed E-state index contributed by atoms with van der Waals surface area (Å²) in [5.74, 6) is -0.228. The number of nitrogens with one attached hydrogen (secondary N) is 1. The Hall–Kier alpha value is -3.16. The number of rotatable bonds is 5. The summed E-state index contributed by atoms with van der Waals surface area (Å²) in [4.78, 5) is 20.1. The molecule has 0 aliphatic rings. The molecular formula is C18H14F3N3O2. The first kappa shape index (κ1) is 17.7. The Bertz CT molecular complexity index is 906. The highest BCUT2D eigenvalue weighted by molar-refractivity contribution is 6.03. The lowest BCUT2D eigenvalue weighted by Gasteiger charge is -2.10. The molecule has 3 rings (SSSR count). The van der Waals surface area contributed by atoms with Gasteiger partial charge in [-0.05, 0) is 30.3 Å². The average molecular weight is 361 g/mol. The third-order valence-corrected chi connectivity index (χ3v) is 3.60. The number of hydrogen-bond donors (Lipinski definition) is 1. The summed E-state index contributed by atoms with van der Waals surface area (Å²) in [6.45, 7) is 0.255. The number of fused-ring (bicyclic) bond motifs is 1. The number of hydrogen-bond acceptors (Lipinski definition) is 5. The SMILES string of the molecule is O=C(OCCNc1ccc(C(F)(F)F)cn1)c1cccc2ncccc12. The summed E-state index contributed by atoms with van der Waals surface area (Å²) >= 11 is 0. The van der Waals surface area contributed by atoms with Gasteiger partial charge in [-0.1, -0.05) is 12.1 Å². The van der Waals surface area contributed by atoms with E-state index >= 15 is 0 Å². The van der Waals surface area contributed by atoms with E-state index < -0.39 is 17.7 Å². The van der Waals surface area contributed by atoms with E-state index in [-0.39, 0.29) is 19.0 Å². The molecule has 0 bridgehead atoms. The van der Waals surface area contributed by atoms with Crippen molar-refractivity contribution in [3.63, 3.8) is 0 Å². The van der Waals surface area contributed by atoms with Crippen molar-refractivity contribution in [2.45, 2.75) is 6.18 Å². The number of carbonyl (C=O) groups is 1. The summed E-state index contributed by atoms with van der Waals surface area (Å²) in [7, 11) is 0. The van der Waals surface area contributed by atoms with Gasteiger partial charge in [0, 0.05) is 17.8 Å². The molecular weight excluding hydrogens is 347 g/mol. The molecule has 0 aliphatic carbocycles. The van der Waals surface area contributed by atoms with E-state index in [2.05, 4.69) is 15.3 Å². The fraction of sp³-hybridized carbons (Fsp3) is 0.167. The van der Waals surface area contributed by atoms with Crippen molar-refractivity contribution in [3.05, 3.63) is 66.0 Å². The van der Waals surface area contributed by atoms with Crippen LogP contribution in [0.15, 0.2) is 54.9 Å². The molecule has 1 N–H and O–H groups in total. The van der Waals surface area contributed by atoms with Gasteiger partial charge >= 0.3 is 12.1 Å². The lowest BCUT2D eigenvalue weighted by Crippen LogP contribution is -2.15. The summed E-state index contributed by atoms with van der Waals surface area (Å²) in [5, 5.41) is 3.49. The minimum absolute atomic E-state index is 0.0399. The molecule has 2 aromatic heterocycles. The molecule has 0 radical (unpaired) electrons. The van der Waals surface area contributed by atoms with Gasteiger partial charge in [0.2, 0.25) is 0 Å². The number of anilines is 1. The van der Waals surface area contributed by atoms with E-state index in [9.17, 15) is 18.0 Å². The minimum atomic E-state index is -4.42. The number of carbonyl (C=O) groups excluding carboxylic acids is 1. The van der Waals surface area contributed by atoms with Crippen molar-refractivity contribution in [1.82, 2.24) is 9.97 Å². The molecule has 8 heteroatoms. The van der Waals surface area contributed by atoms with Crippen LogP contribution >= 0.6 is 0 Å². The number of alkyl halides is 3. The number of pyridine rings is 2. The molecule has 3 aromatic rings. The van der Waals surface area contributed by atoms with Crippen LogP contribution in [0.2, 0.25) is 0 Å². The zero-order valence-electron chi connectivity index (χ0n) is 13.5. The van der Waals surface area contributed by atoms with Gasteiger partial charge in [0.05, 0.1) is 23.2 Å². The van der Waals surface area contributed by atoms with Crippen LogP contribution in [-0.2, 0) is 10.9 Å². The molecule has 0 atom stereocenters. The third-order valence-electron chi connectivity index (χ3n) is 3.60. The molecule has 0 saturated carbocycles. The maximum Gasteiger partial charge on any atom is 0.417 e. The van der Waals surface area contributed by atoms with E-state index in [1.165, 1.54) is 6.07 Å². The van der Waals surface area contributed by atoms with Crippen LogP contribution in [0.5, 0.6) is 0 Å². The Morgan fingerprint density at radius 2 is 1.92 bits per heavy atom. The van der Waals surface area contributed by atoms with E-state index in [0.717, 1.165) is 12.3 Å². The van der Waals surface area contributed by atoms with Crippen LogP contribution in [0.4, 0.5) is 19.0 Å². The van der Waals surface area contributed by atoms with E-state index in [1.54, 1.807) is 36.5 Å². The Kier molecular flexibility index (Phi) is 5.01. The van der Waals surface area contributed by atoms with Gasteiger partial charge in [-0.15, -0.1) is 0 Å². The van der Waals surface area contributed by atoms with Crippen molar-refractivity contribution in [3.8, 4) is 0 Å². The van der Waals surface area contributed by atoms with Crippen LogP contribution in [-0.4, -0.2) is 29.1 Å². The zero-order chi connectivity index (χ0) is 18.6. The van der Waals surface area contributed by atoms with Gasteiger partial charge in [-0.3, -0.25) is 4.98 Å². The molecule has 0 fully saturated rings. The third kappa shape index (κ3) is 4.08. The molecule has 1 aromatic carbocycles. The Labute approximate surface area is 146 Å². The van der Waals surface area contributed by atoms with Crippen molar-refractivity contribution in [1.29, 1.82) is 0 Å². The summed E-state index contributed by atoms with van der Waals surface area (Å²) in [6.07, 6.45) is -2.04. The number of nitrogens with zero attached hydrogens (tertiary/aromatic N) is 2. The molecule has 0 spiro atoms. The fourth-order valence-electron chi connectivity index (χ4n) is 2.35. The lowest BCUT2D eigenvalue weighted by atomic mass is 10.1. The van der Waals surface area contributed by atoms with E-state index in [0.29, 0.717) is 16.5 Å². The first-order valence-electron chi connectivity index (χ1n) is 7.73. The summed E-state index contributed by atoms with van der Waals surface area (Å²) in [5.41, 5.74) is 0.274. The number of halogens is 3. The van der Waals surface area contributed by atoms with Crippen molar-refractivity contribution < 1.29 is 22.7 Å². The largest absolute Gasteiger partial charge is 0.460 e. The van der Waals surface area contributed by atoms with Gasteiger partial charge in [0.1, 0.15) is 12.4 Å². The lowest BCUT2D eigenvalue weighted by molar-refractivity contribution is -0.137. The molecule has 5 nitrogen and oxygen atoms in total. The second kappa shape index (κ2) is 7.38. The molecule has 0 amide bonds. The normalized spacial score (nSPS) is 11.3. The van der Waals surface area contributed by atoms with E-state index in [4.69, 9.17) is 4.74 Å². The predicted octanol–water partition coefficient (Wildman–Crippen LogP) is 3.92. The Balaban J connectivity index is 1.54. The average Bonchev–Trinajstić information content (AvgIpc) is 2.64. The predicted molar refractivity (Wildman–Crippen MR) is 89.8 cm³/mol. The topological polar surface area (TPSA) is 64.1 Å². The fourth-order valence-corrected chi connectivity index (χ4v) is 2.35. The first-order valence-corrected chi connectivity index (χ1v) is 7.73. The molecule has 26 heavy (non-hydrogen) atoms. The zero-order valence-corrected chi connectivity index (χ0v) is 13.5. The van der Waals surface area contributed by atoms with E-state index in [1.807, 2.05) is 0 Å². The Morgan fingerprint density at radius 1 is 1.08 bits per heavy atom. The van der Waals surface area contributed by atoms with Crippen LogP contribution in [0.25, 0.3) is 10.9 Å². The van der Waals surface area contributed by atoms with Crippen LogP contribution in [0.3, 0.4) is 0 Å². The maximum atomic E-state index is 12.5. The second-order valence-corrected chi connectivity index (χ2v) is 5.37. The monoisotopic (exact) mass is 361 g/mol. The molecule has 134 valence electrons. The number of ether oxygens (including phenoxy) is 1. The van der Waals surface area contributed by atoms with Gasteiger partial charge in [-0.2, -0.15) is 13.2 Å². The minimum Gasteiger partial charge on any atom is -0.460 e. The van der Waals surface area contributed by atoms with Crippen LogP contribution in [0, 0.1) is 0 Å². The van der Waals surface area contributed by atoms with Crippen LogP contribution < -0.4 is 5.32 Å². The van der Waals surface area contributed by atoms with Crippen molar-refractivity contribution in [2.75, 3.05) is 18.5 Å². The van der Waals surface area contributed by atoms with Crippen molar-refractivity contribution >= 4 is 22.7 Å². The molecule has 0 saturated heterocycles. The maximum absolute atomic E-state index is 12.5. The van der Waals surface area contributed by atoms with Gasteiger partial charge in [-0.25, -0.2) is 9.78 Å². The smallest absolute Gasteiger partial charge is 0.417 e. The highest BCUT2D eigenvalue weighted by Gasteiger charge is 2.30. The first-order chi connectivity index (χ1) is 12.4. The highest BCUT2D eigenvalue weighted by atomic mass is 19.4. The van der Waals surface area contributed by atoms with Gasteiger partial charge < -0.3 is 10.1 Å². The Morgan fingerprint density at radius 3 is 2.65 bits per heavy atom. The number of esters is 1. The second-order valence-electron chi connectivity index (χ2n) is 5.37. The highest BCUT2D eigenvalue weighted by Crippen LogP contribution is 2.28. The summed E-state index contributed by atoms with van der Waals surface area (Å²) in [6, 6.07) is 10.8. The van der Waals surface area contributed by atoms with Gasteiger partial charge in [0.25, 0.3) is 0 Å². The molecule has 0 unspecified atom stereocenters. The molecule has 2 heterocycles. The quantitative estimate of drug-likeness (QED) is 0.551. The van der Waals surface area contributed by atoms with Crippen molar-refractivity contribution in [2.24, 2.45) is 0 Å². The molecule has 0 aliphatic heterocycles. The summed E-state index contributed by atoms with van der Waals surface area (Å²) < 4.78 is 42.6. The van der Waals surface area contributed by atoms with Gasteiger partial charge in [0.15, 0.2) is 0 Å². The number of aromatic nitrogens is 2. The van der Waals surface area contributed by atoms with Crippen LogP contribution in [0.1, 0.15) is 15.9 Å².